The van der Waals surface area contributed by atoms with Gasteiger partial charge in [0.15, 0.2) is 0 Å². The Morgan fingerprint density at radius 3 is 2.67 bits per heavy atom. The molecule has 5 heteroatoms. The van der Waals surface area contributed by atoms with Crippen LogP contribution in [-0.4, -0.2) is 29.1 Å². The van der Waals surface area contributed by atoms with Crippen molar-refractivity contribution in [3.63, 3.8) is 0 Å². The predicted octanol–water partition coefficient (Wildman–Crippen LogP) is 1.79. The normalized spacial score (nSPS) is 28.5. The van der Waals surface area contributed by atoms with Crippen LogP contribution in [-0.2, 0) is 9.53 Å². The third-order valence-electron chi connectivity index (χ3n) is 4.79. The van der Waals surface area contributed by atoms with Crippen LogP contribution in [0.25, 0.3) is 0 Å². The molecule has 21 heavy (non-hydrogen) atoms. The average Bonchev–Trinajstić information content (AvgIpc) is 2.47. The Balaban J connectivity index is 2.04. The number of hydrogen-bond acceptors (Lipinski definition) is 4. The van der Waals surface area contributed by atoms with Gasteiger partial charge in [-0.3, -0.25) is 9.78 Å². The molecule has 1 aliphatic rings. The molecule has 0 radical (unpaired) electrons. The number of carbonyl (C=O) groups is 1. The molecule has 1 aromatic rings. The molecule has 1 fully saturated rings. The molecule has 2 unspecified atom stereocenters. The van der Waals surface area contributed by atoms with Gasteiger partial charge >= 0.3 is 0 Å². The van der Waals surface area contributed by atoms with Crippen LogP contribution in [0.2, 0.25) is 0 Å². The number of aromatic nitrogens is 1. The van der Waals surface area contributed by atoms with Crippen molar-refractivity contribution in [3.05, 3.63) is 30.1 Å². The number of carbonyl (C=O) groups excluding carboxylic acids is 1. The van der Waals surface area contributed by atoms with Crippen molar-refractivity contribution < 1.29 is 9.53 Å². The van der Waals surface area contributed by atoms with Gasteiger partial charge < -0.3 is 15.8 Å². The Morgan fingerprint density at radius 2 is 2.14 bits per heavy atom. The molecule has 116 valence electrons. The summed E-state index contributed by atoms with van der Waals surface area (Å²) in [6.45, 7) is 8.53. The maximum atomic E-state index is 12.6. The van der Waals surface area contributed by atoms with E-state index in [1.807, 2.05) is 39.8 Å². The van der Waals surface area contributed by atoms with Crippen molar-refractivity contribution in [2.45, 2.75) is 51.8 Å². The summed E-state index contributed by atoms with van der Waals surface area (Å²) in [6.07, 6.45) is 4.03. The number of nitrogens with two attached hydrogens (primary N) is 1. The highest BCUT2D eigenvalue weighted by Crippen LogP contribution is 2.50. The van der Waals surface area contributed by atoms with E-state index in [-0.39, 0.29) is 23.5 Å². The van der Waals surface area contributed by atoms with E-state index >= 15 is 0 Å². The topological polar surface area (TPSA) is 77.2 Å². The minimum atomic E-state index is -0.881. The molecule has 1 aliphatic carbocycles. The molecule has 3 N–H and O–H groups in total. The summed E-state index contributed by atoms with van der Waals surface area (Å²) >= 11 is 0. The van der Waals surface area contributed by atoms with Gasteiger partial charge in [0.25, 0.3) is 0 Å². The summed E-state index contributed by atoms with van der Waals surface area (Å²) in [6, 6.07) is 3.69. The fraction of sp³-hybridized carbons (Fsp3) is 0.625. The van der Waals surface area contributed by atoms with Crippen LogP contribution < -0.4 is 11.1 Å². The Morgan fingerprint density at radius 1 is 1.52 bits per heavy atom. The monoisotopic (exact) mass is 291 g/mol. The number of nitrogens with one attached hydrogen (secondary N) is 1. The quantitative estimate of drug-likeness (QED) is 0.867. The summed E-state index contributed by atoms with van der Waals surface area (Å²) in [5, 5.41) is 3.01. The molecular weight excluding hydrogens is 266 g/mol. The van der Waals surface area contributed by atoms with E-state index in [1.54, 1.807) is 12.4 Å². The summed E-state index contributed by atoms with van der Waals surface area (Å²) in [7, 11) is 0. The molecule has 2 rings (SSSR count). The molecule has 0 spiro atoms. The highest BCUT2D eigenvalue weighted by Gasteiger charge is 2.62. The lowest BCUT2D eigenvalue weighted by Crippen LogP contribution is -2.75. The first kappa shape index (κ1) is 15.9. The van der Waals surface area contributed by atoms with E-state index in [1.165, 1.54) is 0 Å². The largest absolute Gasteiger partial charge is 0.378 e. The lowest BCUT2D eigenvalue weighted by molar-refractivity contribution is -0.171. The number of pyridine rings is 1. The van der Waals surface area contributed by atoms with Crippen molar-refractivity contribution in [2.75, 3.05) is 6.61 Å². The average molecular weight is 291 g/mol. The second-order valence-electron chi connectivity index (χ2n) is 6.32. The van der Waals surface area contributed by atoms with Gasteiger partial charge in [0.2, 0.25) is 5.91 Å². The zero-order valence-corrected chi connectivity index (χ0v) is 13.2. The SMILES string of the molecule is CCOC1CC(N)(C(=O)N[C@H](C)c2ccncc2)C1(C)C. The Labute approximate surface area is 126 Å². The van der Waals surface area contributed by atoms with E-state index in [2.05, 4.69) is 10.3 Å². The number of nitrogens with zero attached hydrogens (tertiary/aromatic N) is 1. The second kappa shape index (κ2) is 5.73. The number of ether oxygens (including phenoxy) is 1. The lowest BCUT2D eigenvalue weighted by atomic mass is 9.54. The standard InChI is InChI=1S/C16H25N3O2/c1-5-21-13-10-16(17,15(13,3)4)14(20)19-11(2)12-6-8-18-9-7-12/h6-9,11,13H,5,10,17H2,1-4H3,(H,19,20)/t11-,13?,16?/m1/s1. The lowest BCUT2D eigenvalue weighted by Gasteiger charge is -2.57. The first-order valence-corrected chi connectivity index (χ1v) is 7.44. The summed E-state index contributed by atoms with van der Waals surface area (Å²) in [5.74, 6) is -0.118. The van der Waals surface area contributed by atoms with E-state index < -0.39 is 5.54 Å². The van der Waals surface area contributed by atoms with Crippen LogP contribution in [0.5, 0.6) is 0 Å². The van der Waals surface area contributed by atoms with Gasteiger partial charge in [0.05, 0.1) is 12.1 Å². The van der Waals surface area contributed by atoms with Crippen molar-refractivity contribution in [1.29, 1.82) is 0 Å². The third kappa shape index (κ3) is 2.68. The van der Waals surface area contributed by atoms with E-state index in [4.69, 9.17) is 10.5 Å². The molecule has 0 aliphatic heterocycles. The van der Waals surface area contributed by atoms with Crippen molar-refractivity contribution in [2.24, 2.45) is 11.1 Å². The number of hydrogen-bond donors (Lipinski definition) is 2. The van der Waals surface area contributed by atoms with Crippen LogP contribution in [0, 0.1) is 5.41 Å². The van der Waals surface area contributed by atoms with Crippen molar-refractivity contribution in [3.8, 4) is 0 Å². The summed E-state index contributed by atoms with van der Waals surface area (Å²) in [5.41, 5.74) is 6.13. The van der Waals surface area contributed by atoms with Crippen LogP contribution in [0.4, 0.5) is 0 Å². The van der Waals surface area contributed by atoms with Gasteiger partial charge in [-0.15, -0.1) is 0 Å². The highest BCUT2D eigenvalue weighted by molar-refractivity contribution is 5.89. The van der Waals surface area contributed by atoms with Gasteiger partial charge in [-0.2, -0.15) is 0 Å². The molecule has 1 saturated carbocycles. The Bertz CT molecular complexity index is 504. The van der Waals surface area contributed by atoms with Gasteiger partial charge in [-0.05, 0) is 31.5 Å². The maximum Gasteiger partial charge on any atom is 0.241 e. The zero-order valence-electron chi connectivity index (χ0n) is 13.2. The fourth-order valence-corrected chi connectivity index (χ4v) is 2.88. The van der Waals surface area contributed by atoms with Gasteiger partial charge in [0.1, 0.15) is 5.54 Å². The maximum absolute atomic E-state index is 12.6. The zero-order chi connectivity index (χ0) is 15.7. The number of rotatable bonds is 5. The van der Waals surface area contributed by atoms with Crippen LogP contribution in [0.3, 0.4) is 0 Å². The molecule has 0 bridgehead atoms. The molecule has 1 aromatic heterocycles. The highest BCUT2D eigenvalue weighted by atomic mass is 16.5. The van der Waals surface area contributed by atoms with Crippen LogP contribution >= 0.6 is 0 Å². The van der Waals surface area contributed by atoms with Crippen LogP contribution in [0.1, 0.15) is 45.7 Å². The first-order valence-electron chi connectivity index (χ1n) is 7.44. The number of amides is 1. The summed E-state index contributed by atoms with van der Waals surface area (Å²) in [4.78, 5) is 16.6. The minimum Gasteiger partial charge on any atom is -0.378 e. The molecular formula is C16H25N3O2. The second-order valence-corrected chi connectivity index (χ2v) is 6.32. The van der Waals surface area contributed by atoms with Crippen molar-refractivity contribution >= 4 is 5.91 Å². The van der Waals surface area contributed by atoms with Crippen molar-refractivity contribution in [1.82, 2.24) is 10.3 Å². The Kier molecular flexibility index (Phi) is 4.35. The molecule has 1 amide bonds. The predicted molar refractivity (Wildman–Crippen MR) is 81.5 cm³/mol. The van der Waals surface area contributed by atoms with E-state index in [9.17, 15) is 4.79 Å². The smallest absolute Gasteiger partial charge is 0.241 e. The minimum absolute atomic E-state index is 0.0366. The van der Waals surface area contributed by atoms with Crippen LogP contribution in [0.15, 0.2) is 24.5 Å². The van der Waals surface area contributed by atoms with E-state index in [0.717, 1.165) is 5.56 Å². The fourth-order valence-electron chi connectivity index (χ4n) is 2.88. The van der Waals surface area contributed by atoms with Gasteiger partial charge in [-0.1, -0.05) is 13.8 Å². The molecule has 5 nitrogen and oxygen atoms in total. The van der Waals surface area contributed by atoms with Gasteiger partial charge in [-0.25, -0.2) is 0 Å². The Hall–Kier alpha value is -1.46. The molecule has 3 atom stereocenters. The molecule has 0 saturated heterocycles. The van der Waals surface area contributed by atoms with E-state index in [0.29, 0.717) is 13.0 Å². The molecule has 0 aromatic carbocycles. The van der Waals surface area contributed by atoms with Gasteiger partial charge in [0, 0.05) is 30.8 Å². The molecule has 1 heterocycles. The first-order chi connectivity index (χ1) is 9.83. The third-order valence-corrected chi connectivity index (χ3v) is 4.79. The summed E-state index contributed by atoms with van der Waals surface area (Å²) < 4.78 is 5.66.